The first-order valence-corrected chi connectivity index (χ1v) is 10.5. The Hall–Kier alpha value is -1.79. The maximum absolute atomic E-state index is 12.6. The van der Waals surface area contributed by atoms with Gasteiger partial charge in [-0.15, -0.1) is 11.8 Å². The predicted octanol–water partition coefficient (Wildman–Crippen LogP) is 5.47. The van der Waals surface area contributed by atoms with E-state index in [0.29, 0.717) is 5.95 Å². The van der Waals surface area contributed by atoms with E-state index < -0.39 is 0 Å². The highest BCUT2D eigenvalue weighted by Crippen LogP contribution is 2.23. The monoisotopic (exact) mass is 431 g/mol. The van der Waals surface area contributed by atoms with Crippen LogP contribution in [0.15, 0.2) is 53.0 Å². The molecule has 0 aliphatic heterocycles. The van der Waals surface area contributed by atoms with Crippen molar-refractivity contribution in [2.45, 2.75) is 37.8 Å². The standard InChI is InChI=1S/C20H22BrN3OS/c1-3-12-24-18-7-5-4-6-17(18)22-20(24)23-19(25)14(2)26-13-15-8-10-16(21)11-9-15/h4-11,14H,3,12-13H2,1-2H3,(H,22,23,25). The van der Waals surface area contributed by atoms with Crippen LogP contribution in [0.5, 0.6) is 0 Å². The van der Waals surface area contributed by atoms with Crippen molar-refractivity contribution >= 4 is 50.6 Å². The van der Waals surface area contributed by atoms with Crippen molar-refractivity contribution in [1.82, 2.24) is 9.55 Å². The molecule has 1 unspecified atom stereocenters. The number of carbonyl (C=O) groups excluding carboxylic acids is 1. The maximum atomic E-state index is 12.6. The summed E-state index contributed by atoms with van der Waals surface area (Å²) < 4.78 is 3.14. The first-order chi connectivity index (χ1) is 12.6. The molecule has 1 amide bonds. The number of aryl methyl sites for hydroxylation is 1. The largest absolute Gasteiger partial charge is 0.310 e. The van der Waals surface area contributed by atoms with E-state index in [1.54, 1.807) is 11.8 Å². The van der Waals surface area contributed by atoms with E-state index in [9.17, 15) is 4.79 Å². The quantitative estimate of drug-likeness (QED) is 0.539. The summed E-state index contributed by atoms with van der Waals surface area (Å²) in [5.41, 5.74) is 3.17. The molecule has 2 aromatic carbocycles. The number of para-hydroxylation sites is 2. The smallest absolute Gasteiger partial charge is 0.239 e. The number of thioether (sulfide) groups is 1. The van der Waals surface area contributed by atoms with Crippen LogP contribution in [-0.2, 0) is 17.1 Å². The van der Waals surface area contributed by atoms with Gasteiger partial charge in [-0.25, -0.2) is 4.98 Å². The molecule has 0 aliphatic carbocycles. The highest BCUT2D eigenvalue weighted by atomic mass is 79.9. The molecule has 3 rings (SSSR count). The van der Waals surface area contributed by atoms with Crippen LogP contribution in [0, 0.1) is 0 Å². The van der Waals surface area contributed by atoms with Crippen molar-refractivity contribution in [3.63, 3.8) is 0 Å². The van der Waals surface area contributed by atoms with E-state index >= 15 is 0 Å². The molecule has 4 nitrogen and oxygen atoms in total. The SMILES string of the molecule is CCCn1c(NC(=O)C(C)SCc2ccc(Br)cc2)nc2ccccc21. The Balaban J connectivity index is 1.67. The number of hydrogen-bond donors (Lipinski definition) is 1. The zero-order valence-corrected chi connectivity index (χ0v) is 17.3. The van der Waals surface area contributed by atoms with Crippen molar-refractivity contribution in [1.29, 1.82) is 0 Å². The van der Waals surface area contributed by atoms with Crippen molar-refractivity contribution in [3.8, 4) is 0 Å². The third-order valence-corrected chi connectivity index (χ3v) is 5.86. The van der Waals surface area contributed by atoms with Crippen molar-refractivity contribution in [2.24, 2.45) is 0 Å². The average molecular weight is 432 g/mol. The number of carbonyl (C=O) groups is 1. The van der Waals surface area contributed by atoms with Crippen molar-refractivity contribution in [3.05, 3.63) is 58.6 Å². The van der Waals surface area contributed by atoms with E-state index in [1.807, 2.05) is 43.3 Å². The van der Waals surface area contributed by atoms with Crippen LogP contribution in [0.3, 0.4) is 0 Å². The van der Waals surface area contributed by atoms with Gasteiger partial charge >= 0.3 is 0 Å². The highest BCUT2D eigenvalue weighted by molar-refractivity contribution is 9.10. The third kappa shape index (κ3) is 4.48. The minimum absolute atomic E-state index is 0.0141. The Kier molecular flexibility index (Phi) is 6.38. The number of nitrogens with zero attached hydrogens (tertiary/aromatic N) is 2. The maximum Gasteiger partial charge on any atom is 0.239 e. The lowest BCUT2D eigenvalue weighted by atomic mass is 10.2. The molecule has 6 heteroatoms. The summed E-state index contributed by atoms with van der Waals surface area (Å²) in [6.07, 6.45) is 0.983. The summed E-state index contributed by atoms with van der Waals surface area (Å²) in [6.45, 7) is 4.89. The molecule has 1 N–H and O–H groups in total. The normalized spacial score (nSPS) is 12.3. The average Bonchev–Trinajstić information content (AvgIpc) is 2.98. The number of amides is 1. The lowest BCUT2D eigenvalue weighted by molar-refractivity contribution is -0.115. The molecule has 26 heavy (non-hydrogen) atoms. The molecule has 136 valence electrons. The van der Waals surface area contributed by atoms with Crippen molar-refractivity contribution < 1.29 is 4.79 Å². The second-order valence-corrected chi connectivity index (χ2v) is 8.39. The molecule has 3 aromatic rings. The number of nitrogens with one attached hydrogen (secondary N) is 1. The Morgan fingerprint density at radius 3 is 2.69 bits per heavy atom. The molecule has 0 spiro atoms. The molecule has 1 aromatic heterocycles. The second-order valence-electron chi connectivity index (χ2n) is 6.14. The number of aromatic nitrogens is 2. The van der Waals surface area contributed by atoms with Crippen LogP contribution in [-0.4, -0.2) is 20.7 Å². The lowest BCUT2D eigenvalue weighted by Crippen LogP contribution is -2.24. The summed E-state index contributed by atoms with van der Waals surface area (Å²) in [6, 6.07) is 16.2. The van der Waals surface area contributed by atoms with Crippen molar-refractivity contribution in [2.75, 3.05) is 5.32 Å². The Morgan fingerprint density at radius 1 is 1.23 bits per heavy atom. The molecule has 0 radical (unpaired) electrons. The number of halogens is 1. The number of rotatable bonds is 7. The second kappa shape index (κ2) is 8.73. The van der Waals surface area contributed by atoms with E-state index in [4.69, 9.17) is 0 Å². The topological polar surface area (TPSA) is 46.9 Å². The molecule has 0 fully saturated rings. The van der Waals surface area contributed by atoms with E-state index in [-0.39, 0.29) is 11.2 Å². The van der Waals surface area contributed by atoms with Gasteiger partial charge in [0.05, 0.1) is 16.3 Å². The summed E-state index contributed by atoms with van der Waals surface area (Å²) in [4.78, 5) is 17.2. The summed E-state index contributed by atoms with van der Waals surface area (Å²) in [5.74, 6) is 1.42. The summed E-state index contributed by atoms with van der Waals surface area (Å²) in [5, 5.41) is 2.86. The predicted molar refractivity (Wildman–Crippen MR) is 114 cm³/mol. The summed E-state index contributed by atoms with van der Waals surface area (Å²) in [7, 11) is 0. The molecule has 0 bridgehead atoms. The fraction of sp³-hybridized carbons (Fsp3) is 0.300. The van der Waals surface area contributed by atoms with Gasteiger partial charge in [0.15, 0.2) is 0 Å². The van der Waals surface area contributed by atoms with Gasteiger partial charge in [-0.1, -0.05) is 47.1 Å². The van der Waals surface area contributed by atoms with Gasteiger partial charge in [0.1, 0.15) is 0 Å². The first kappa shape index (κ1) is 19.0. The van der Waals surface area contributed by atoms with Gasteiger partial charge in [-0.05, 0) is 43.2 Å². The van der Waals surface area contributed by atoms with Crippen LogP contribution >= 0.6 is 27.7 Å². The van der Waals surface area contributed by atoms with Crippen LogP contribution in [0.2, 0.25) is 0 Å². The van der Waals surface area contributed by atoms with Crippen LogP contribution in [0.4, 0.5) is 5.95 Å². The Morgan fingerprint density at radius 2 is 1.96 bits per heavy atom. The van der Waals surface area contributed by atoms with Gasteiger partial charge in [0.25, 0.3) is 0 Å². The number of imidazole rings is 1. The Labute approximate surface area is 166 Å². The molecule has 1 heterocycles. The fourth-order valence-electron chi connectivity index (χ4n) is 2.71. The molecule has 0 aliphatic rings. The molecular formula is C20H22BrN3OS. The van der Waals surface area contributed by atoms with Gasteiger partial charge in [0, 0.05) is 16.8 Å². The van der Waals surface area contributed by atoms with Crippen LogP contribution in [0.1, 0.15) is 25.8 Å². The molecular weight excluding hydrogens is 410 g/mol. The molecule has 0 saturated heterocycles. The van der Waals surface area contributed by atoms with Gasteiger partial charge in [-0.2, -0.15) is 0 Å². The number of fused-ring (bicyclic) bond motifs is 1. The van der Waals surface area contributed by atoms with Gasteiger partial charge in [0.2, 0.25) is 11.9 Å². The molecule has 0 saturated carbocycles. The van der Waals surface area contributed by atoms with Gasteiger partial charge in [-0.3, -0.25) is 10.1 Å². The third-order valence-electron chi connectivity index (χ3n) is 4.12. The summed E-state index contributed by atoms with van der Waals surface area (Å²) >= 11 is 5.06. The van der Waals surface area contributed by atoms with E-state index in [0.717, 1.165) is 34.2 Å². The molecule has 1 atom stereocenters. The minimum atomic E-state index is -0.159. The van der Waals surface area contributed by atoms with Gasteiger partial charge < -0.3 is 4.57 Å². The first-order valence-electron chi connectivity index (χ1n) is 8.70. The fourth-order valence-corrected chi connectivity index (χ4v) is 3.82. The zero-order valence-electron chi connectivity index (χ0n) is 14.9. The Bertz CT molecular complexity index is 892. The van der Waals surface area contributed by atoms with E-state index in [1.165, 1.54) is 5.56 Å². The number of hydrogen-bond acceptors (Lipinski definition) is 3. The number of anilines is 1. The van der Waals surface area contributed by atoms with Crippen LogP contribution < -0.4 is 5.32 Å². The minimum Gasteiger partial charge on any atom is -0.310 e. The number of benzene rings is 2. The van der Waals surface area contributed by atoms with E-state index in [2.05, 4.69) is 49.9 Å². The zero-order chi connectivity index (χ0) is 18.5. The lowest BCUT2D eigenvalue weighted by Gasteiger charge is -2.13. The van der Waals surface area contributed by atoms with Crippen LogP contribution in [0.25, 0.3) is 11.0 Å². The highest BCUT2D eigenvalue weighted by Gasteiger charge is 2.17.